The second-order valence-electron chi connectivity index (χ2n) is 2.10. The summed E-state index contributed by atoms with van der Waals surface area (Å²) in [4.78, 5) is 0. The van der Waals surface area contributed by atoms with Crippen molar-refractivity contribution < 1.29 is 9.84 Å². The third-order valence-corrected chi connectivity index (χ3v) is 1.63. The van der Waals surface area contributed by atoms with Crippen molar-refractivity contribution in [3.8, 4) is 5.75 Å². The van der Waals surface area contributed by atoms with E-state index in [4.69, 9.17) is 16.3 Å². The van der Waals surface area contributed by atoms with Crippen LogP contribution in [0.1, 0.15) is 5.56 Å². The fourth-order valence-electron chi connectivity index (χ4n) is 0.860. The normalized spacial score (nSPS) is 9.73. The highest BCUT2D eigenvalue weighted by atomic mass is 35.5. The first kappa shape index (κ1) is 8.37. The summed E-state index contributed by atoms with van der Waals surface area (Å²) in [6, 6.07) is 5.00. The number of benzene rings is 1. The molecule has 0 N–H and O–H groups in total. The zero-order valence-electron chi connectivity index (χ0n) is 6.13. The Morgan fingerprint density at radius 1 is 1.55 bits per heavy atom. The molecule has 0 saturated carbocycles. The van der Waals surface area contributed by atoms with Crippen LogP contribution in [0.25, 0.3) is 0 Å². The molecule has 0 atom stereocenters. The standard InChI is InChI=1S/C8H8ClO2/c1-11-8-3-2-7(9)4-6(8)5-10/h2-4H,5H2,1H3. The Balaban J connectivity index is 3.06. The van der Waals surface area contributed by atoms with Gasteiger partial charge in [0.15, 0.2) is 0 Å². The summed E-state index contributed by atoms with van der Waals surface area (Å²) < 4.78 is 4.93. The topological polar surface area (TPSA) is 29.1 Å². The van der Waals surface area contributed by atoms with Crippen LogP contribution in [0.2, 0.25) is 5.02 Å². The lowest BCUT2D eigenvalue weighted by Crippen LogP contribution is -1.90. The van der Waals surface area contributed by atoms with E-state index in [-0.39, 0.29) is 6.61 Å². The molecule has 0 unspecified atom stereocenters. The third-order valence-electron chi connectivity index (χ3n) is 1.40. The first-order valence-electron chi connectivity index (χ1n) is 3.18. The summed E-state index contributed by atoms with van der Waals surface area (Å²) in [5.74, 6) is 0.601. The van der Waals surface area contributed by atoms with E-state index in [1.807, 2.05) is 0 Å². The Morgan fingerprint density at radius 3 is 2.82 bits per heavy atom. The molecule has 0 aromatic heterocycles. The molecular weight excluding hydrogens is 164 g/mol. The monoisotopic (exact) mass is 171 g/mol. The molecule has 0 aliphatic heterocycles. The highest BCUT2D eigenvalue weighted by Crippen LogP contribution is 2.22. The lowest BCUT2D eigenvalue weighted by molar-refractivity contribution is 0.174. The lowest BCUT2D eigenvalue weighted by Gasteiger charge is -2.04. The van der Waals surface area contributed by atoms with Crippen molar-refractivity contribution in [2.24, 2.45) is 0 Å². The van der Waals surface area contributed by atoms with Crippen LogP contribution in [-0.4, -0.2) is 7.11 Å². The van der Waals surface area contributed by atoms with Gasteiger partial charge in [-0.05, 0) is 18.2 Å². The smallest absolute Gasteiger partial charge is 0.124 e. The lowest BCUT2D eigenvalue weighted by atomic mass is 10.2. The van der Waals surface area contributed by atoms with Gasteiger partial charge < -0.3 is 4.74 Å². The maximum Gasteiger partial charge on any atom is 0.124 e. The zero-order chi connectivity index (χ0) is 8.27. The Labute approximate surface area is 70.4 Å². The van der Waals surface area contributed by atoms with E-state index in [2.05, 4.69) is 0 Å². The fraction of sp³-hybridized carbons (Fsp3) is 0.250. The average molecular weight is 172 g/mol. The van der Waals surface area contributed by atoms with Crippen LogP contribution in [0.3, 0.4) is 0 Å². The number of methoxy groups -OCH3 is 1. The van der Waals surface area contributed by atoms with Crippen molar-refractivity contribution in [2.45, 2.75) is 6.61 Å². The molecule has 1 aromatic rings. The first-order chi connectivity index (χ1) is 5.27. The molecule has 0 bridgehead atoms. The highest BCUT2D eigenvalue weighted by Gasteiger charge is 2.01. The van der Waals surface area contributed by atoms with Gasteiger partial charge in [-0.15, -0.1) is 0 Å². The van der Waals surface area contributed by atoms with Gasteiger partial charge in [0.05, 0.1) is 7.11 Å². The van der Waals surface area contributed by atoms with Crippen molar-refractivity contribution in [1.82, 2.24) is 0 Å². The molecule has 11 heavy (non-hydrogen) atoms. The summed E-state index contributed by atoms with van der Waals surface area (Å²) >= 11 is 5.66. The minimum atomic E-state index is -0.302. The van der Waals surface area contributed by atoms with E-state index < -0.39 is 0 Å². The van der Waals surface area contributed by atoms with Crippen molar-refractivity contribution in [2.75, 3.05) is 7.11 Å². The molecule has 1 rings (SSSR count). The van der Waals surface area contributed by atoms with Gasteiger partial charge in [0.2, 0.25) is 0 Å². The number of rotatable bonds is 2. The minimum absolute atomic E-state index is 0.302. The van der Waals surface area contributed by atoms with Gasteiger partial charge in [-0.2, -0.15) is 0 Å². The van der Waals surface area contributed by atoms with Gasteiger partial charge in [-0.3, -0.25) is 0 Å². The van der Waals surface area contributed by atoms with Gasteiger partial charge in [0.25, 0.3) is 0 Å². The molecule has 0 amide bonds. The molecule has 0 heterocycles. The summed E-state index contributed by atoms with van der Waals surface area (Å²) in [6.45, 7) is -0.302. The second kappa shape index (κ2) is 3.60. The molecule has 0 aliphatic carbocycles. The van der Waals surface area contributed by atoms with Crippen molar-refractivity contribution in [3.63, 3.8) is 0 Å². The van der Waals surface area contributed by atoms with Gasteiger partial charge >= 0.3 is 0 Å². The van der Waals surface area contributed by atoms with Gasteiger partial charge in [-0.25, -0.2) is 5.11 Å². The molecule has 2 nitrogen and oxygen atoms in total. The number of hydrogen-bond acceptors (Lipinski definition) is 1. The predicted octanol–water partition coefficient (Wildman–Crippen LogP) is 2.28. The van der Waals surface area contributed by atoms with Crippen LogP contribution in [0.5, 0.6) is 5.75 Å². The van der Waals surface area contributed by atoms with E-state index in [0.29, 0.717) is 16.3 Å². The summed E-state index contributed by atoms with van der Waals surface area (Å²) in [5, 5.41) is 11.1. The second-order valence-corrected chi connectivity index (χ2v) is 2.54. The van der Waals surface area contributed by atoms with Gasteiger partial charge in [0.1, 0.15) is 12.4 Å². The molecular formula is C8H8ClO2. The average Bonchev–Trinajstić information content (AvgIpc) is 2.04. The van der Waals surface area contributed by atoms with Crippen molar-refractivity contribution >= 4 is 11.6 Å². The Hall–Kier alpha value is -0.730. The molecule has 0 saturated heterocycles. The van der Waals surface area contributed by atoms with Crippen LogP contribution in [0, 0.1) is 0 Å². The number of halogens is 1. The molecule has 0 spiro atoms. The Bertz CT molecular complexity index is 248. The number of hydrogen-bond donors (Lipinski definition) is 0. The maximum atomic E-state index is 10.5. The van der Waals surface area contributed by atoms with Crippen LogP contribution < -0.4 is 4.74 Å². The molecule has 1 aromatic carbocycles. The summed E-state index contributed by atoms with van der Waals surface area (Å²) in [5.41, 5.74) is 0.597. The van der Waals surface area contributed by atoms with Crippen LogP contribution in [0.4, 0.5) is 0 Å². The molecule has 1 radical (unpaired) electrons. The van der Waals surface area contributed by atoms with E-state index in [9.17, 15) is 5.11 Å². The molecule has 3 heteroatoms. The van der Waals surface area contributed by atoms with Gasteiger partial charge in [-0.1, -0.05) is 11.6 Å². The van der Waals surface area contributed by atoms with E-state index >= 15 is 0 Å². The van der Waals surface area contributed by atoms with Crippen LogP contribution in [0.15, 0.2) is 18.2 Å². The van der Waals surface area contributed by atoms with E-state index in [1.165, 1.54) is 7.11 Å². The van der Waals surface area contributed by atoms with E-state index in [1.54, 1.807) is 18.2 Å². The van der Waals surface area contributed by atoms with Crippen LogP contribution in [-0.2, 0) is 11.7 Å². The minimum Gasteiger partial charge on any atom is -0.496 e. The molecule has 0 fully saturated rings. The molecule has 0 aliphatic rings. The SMILES string of the molecule is COc1ccc(Cl)cc1C[O]. The first-order valence-corrected chi connectivity index (χ1v) is 3.56. The Morgan fingerprint density at radius 2 is 2.27 bits per heavy atom. The third kappa shape index (κ3) is 1.85. The van der Waals surface area contributed by atoms with Gasteiger partial charge in [0, 0.05) is 10.6 Å². The zero-order valence-corrected chi connectivity index (χ0v) is 6.89. The number of ether oxygens (including phenoxy) is 1. The highest BCUT2D eigenvalue weighted by molar-refractivity contribution is 6.30. The maximum absolute atomic E-state index is 10.5. The fourth-order valence-corrected chi connectivity index (χ4v) is 1.05. The predicted molar refractivity (Wildman–Crippen MR) is 42.4 cm³/mol. The van der Waals surface area contributed by atoms with Crippen molar-refractivity contribution in [3.05, 3.63) is 28.8 Å². The Kier molecular flexibility index (Phi) is 2.74. The largest absolute Gasteiger partial charge is 0.496 e. The molecule has 59 valence electrons. The van der Waals surface area contributed by atoms with Crippen molar-refractivity contribution in [1.29, 1.82) is 0 Å². The quantitative estimate of drug-likeness (QED) is 0.671. The van der Waals surface area contributed by atoms with Crippen LogP contribution >= 0.6 is 11.6 Å². The summed E-state index contributed by atoms with van der Waals surface area (Å²) in [6.07, 6.45) is 0. The van der Waals surface area contributed by atoms with E-state index in [0.717, 1.165) is 0 Å². The summed E-state index contributed by atoms with van der Waals surface area (Å²) in [7, 11) is 1.53.